The van der Waals surface area contributed by atoms with Crippen LogP contribution in [-0.4, -0.2) is 14.5 Å². The molecule has 52 heavy (non-hydrogen) atoms. The first-order chi connectivity index (χ1) is 25.7. The molecule has 0 atom stereocenters. The van der Waals surface area contributed by atoms with Gasteiger partial charge in [-0.05, 0) is 64.9 Å². The van der Waals surface area contributed by atoms with E-state index in [0.717, 1.165) is 46.5 Å². The Morgan fingerprint density at radius 3 is 2.10 bits per heavy atom. The monoisotopic (exact) mass is 671 g/mol. The third-order valence-electron chi connectivity index (χ3n) is 9.85. The van der Waals surface area contributed by atoms with Gasteiger partial charge in [-0.1, -0.05) is 127 Å². The predicted molar refractivity (Wildman–Crippen MR) is 218 cm³/mol. The molecule has 6 aromatic carbocycles. The average Bonchev–Trinajstić information content (AvgIpc) is 3.65. The second-order valence-electron chi connectivity index (χ2n) is 13.1. The molecule has 0 saturated carbocycles. The summed E-state index contributed by atoms with van der Waals surface area (Å²) in [6, 6.07) is 45.3. The molecule has 0 unspecified atom stereocenters. The van der Waals surface area contributed by atoms with Gasteiger partial charge in [-0.3, -0.25) is 9.58 Å². The van der Waals surface area contributed by atoms with E-state index in [4.69, 9.17) is 9.97 Å². The normalized spacial score (nSPS) is 13.6. The third kappa shape index (κ3) is 5.39. The summed E-state index contributed by atoms with van der Waals surface area (Å²) in [5, 5.41) is 9.59. The fraction of sp³-hybridized carbons (Fsp3) is 0.0638. The number of allylic oxidation sites excluding steroid dienone is 6. The maximum absolute atomic E-state index is 5.31. The van der Waals surface area contributed by atoms with Gasteiger partial charge in [0.05, 0.1) is 28.1 Å². The minimum absolute atomic E-state index is 0.657. The molecule has 2 aromatic heterocycles. The minimum atomic E-state index is 0.657. The van der Waals surface area contributed by atoms with Crippen molar-refractivity contribution in [3.8, 4) is 28.5 Å². The summed E-state index contributed by atoms with van der Waals surface area (Å²) in [6.07, 6.45) is 13.3. The SMILES string of the molecule is C1=CC=C(N2NCc3c2ccc2c3c3cc4ccc5ccccc5c4cc3n2-c2nc(-c3ccccc3)cc(-c3ccccc3)n2)CC=C1.C=CC. The molecule has 0 saturated heterocycles. The number of rotatable bonds is 4. The fourth-order valence-electron chi connectivity index (χ4n) is 7.55. The highest BCUT2D eigenvalue weighted by molar-refractivity contribution is 6.19. The molecule has 1 aliphatic carbocycles. The lowest BCUT2D eigenvalue weighted by Gasteiger charge is -2.21. The van der Waals surface area contributed by atoms with Crippen LogP contribution in [0.15, 0.2) is 176 Å². The minimum Gasteiger partial charge on any atom is -0.280 e. The van der Waals surface area contributed by atoms with Crippen molar-refractivity contribution in [3.63, 3.8) is 0 Å². The standard InChI is InChI=1S/C44H31N5.C3H6/c1-2-10-19-33(18-9-1)49-40-23-24-41-43(37(40)28-45-49)36-25-32-22-21-29-13-11-12-20-34(29)35(32)26-42(36)48(41)44-46-38(30-14-5-3-6-15-30)27-39(47-44)31-16-7-4-8-17-31;1-3-2/h1-18,20-27,45H,19,28H2;3H,1H2,2H3. The van der Waals surface area contributed by atoms with E-state index in [1.165, 1.54) is 49.3 Å². The van der Waals surface area contributed by atoms with Crippen molar-refractivity contribution in [3.05, 3.63) is 182 Å². The van der Waals surface area contributed by atoms with E-state index in [9.17, 15) is 0 Å². The predicted octanol–water partition coefficient (Wildman–Crippen LogP) is 11.6. The number of hydrogen-bond acceptors (Lipinski definition) is 4. The molecule has 3 heterocycles. The van der Waals surface area contributed by atoms with E-state index in [0.29, 0.717) is 5.95 Å². The number of fused-ring (bicyclic) bond motifs is 8. The number of hydrogen-bond donors (Lipinski definition) is 1. The van der Waals surface area contributed by atoms with Crippen molar-refractivity contribution in [2.45, 2.75) is 19.9 Å². The van der Waals surface area contributed by atoms with Crippen molar-refractivity contribution < 1.29 is 0 Å². The van der Waals surface area contributed by atoms with Gasteiger partial charge in [0.1, 0.15) is 0 Å². The van der Waals surface area contributed by atoms with Gasteiger partial charge in [0.25, 0.3) is 0 Å². The van der Waals surface area contributed by atoms with Gasteiger partial charge in [-0.2, -0.15) is 0 Å². The Kier molecular flexibility index (Phi) is 8.03. The third-order valence-corrected chi connectivity index (χ3v) is 9.85. The van der Waals surface area contributed by atoms with Crippen molar-refractivity contribution >= 4 is 49.0 Å². The van der Waals surface area contributed by atoms with Gasteiger partial charge in [-0.15, -0.1) is 6.58 Å². The first-order valence-corrected chi connectivity index (χ1v) is 17.8. The van der Waals surface area contributed by atoms with E-state index in [1.54, 1.807) is 6.08 Å². The summed E-state index contributed by atoms with van der Waals surface area (Å²) in [6.45, 7) is 5.98. The number of nitrogens with one attached hydrogen (secondary N) is 1. The maximum Gasteiger partial charge on any atom is 0.235 e. The molecule has 0 fully saturated rings. The fourth-order valence-corrected chi connectivity index (χ4v) is 7.55. The van der Waals surface area contributed by atoms with Gasteiger partial charge in [0, 0.05) is 46.1 Å². The van der Waals surface area contributed by atoms with Crippen LogP contribution in [0.4, 0.5) is 5.69 Å². The van der Waals surface area contributed by atoms with Crippen LogP contribution in [0.2, 0.25) is 0 Å². The van der Waals surface area contributed by atoms with E-state index in [-0.39, 0.29) is 0 Å². The van der Waals surface area contributed by atoms with Crippen molar-refractivity contribution in [2.75, 3.05) is 5.01 Å². The van der Waals surface area contributed by atoms with Gasteiger partial charge < -0.3 is 0 Å². The first kappa shape index (κ1) is 31.4. The van der Waals surface area contributed by atoms with Gasteiger partial charge >= 0.3 is 0 Å². The molecule has 8 aromatic rings. The summed E-state index contributed by atoms with van der Waals surface area (Å²) in [5.74, 6) is 0.657. The smallest absolute Gasteiger partial charge is 0.235 e. The van der Waals surface area contributed by atoms with E-state index in [1.807, 2.05) is 19.1 Å². The highest BCUT2D eigenvalue weighted by atomic mass is 15.5. The lowest BCUT2D eigenvalue weighted by Crippen LogP contribution is -2.30. The van der Waals surface area contributed by atoms with Crippen LogP contribution in [0.5, 0.6) is 0 Å². The second-order valence-corrected chi connectivity index (χ2v) is 13.1. The number of nitrogens with zero attached hydrogens (tertiary/aromatic N) is 4. The highest BCUT2D eigenvalue weighted by Gasteiger charge is 2.28. The Balaban J connectivity index is 0.00000116. The molecule has 0 bridgehead atoms. The molecule has 2 aliphatic rings. The van der Waals surface area contributed by atoms with E-state index in [2.05, 4.69) is 167 Å². The zero-order chi connectivity index (χ0) is 35.0. The van der Waals surface area contributed by atoms with E-state index < -0.39 is 0 Å². The zero-order valence-electron chi connectivity index (χ0n) is 29.0. The Bertz CT molecular complexity index is 2680. The van der Waals surface area contributed by atoms with Crippen molar-refractivity contribution in [1.29, 1.82) is 0 Å². The molecule has 0 spiro atoms. The lowest BCUT2D eigenvalue weighted by atomic mass is 9.98. The molecule has 5 nitrogen and oxygen atoms in total. The summed E-state index contributed by atoms with van der Waals surface area (Å²) in [7, 11) is 0. The Hall–Kier alpha value is -6.56. The van der Waals surface area contributed by atoms with Crippen LogP contribution in [0.25, 0.3) is 71.8 Å². The van der Waals surface area contributed by atoms with Gasteiger partial charge in [0.2, 0.25) is 5.95 Å². The number of hydrazine groups is 1. The summed E-state index contributed by atoms with van der Waals surface area (Å²) >= 11 is 0. The molecule has 5 heteroatoms. The molecule has 0 amide bonds. The molecule has 0 radical (unpaired) electrons. The zero-order valence-corrected chi connectivity index (χ0v) is 29.0. The highest BCUT2D eigenvalue weighted by Crippen LogP contribution is 2.43. The van der Waals surface area contributed by atoms with Gasteiger partial charge in [-0.25, -0.2) is 15.4 Å². The Morgan fingerprint density at radius 1 is 0.654 bits per heavy atom. The summed E-state index contributed by atoms with van der Waals surface area (Å²) < 4.78 is 2.28. The number of anilines is 1. The quantitative estimate of drug-likeness (QED) is 0.149. The van der Waals surface area contributed by atoms with Crippen LogP contribution in [0.1, 0.15) is 18.9 Å². The second kappa shape index (κ2) is 13.3. The first-order valence-electron chi connectivity index (χ1n) is 17.8. The molecule has 1 aliphatic heterocycles. The summed E-state index contributed by atoms with van der Waals surface area (Å²) in [5.41, 5.74) is 13.5. The summed E-state index contributed by atoms with van der Waals surface area (Å²) in [4.78, 5) is 10.6. The van der Waals surface area contributed by atoms with E-state index >= 15 is 0 Å². The largest absolute Gasteiger partial charge is 0.280 e. The van der Waals surface area contributed by atoms with Crippen LogP contribution < -0.4 is 10.4 Å². The Morgan fingerprint density at radius 2 is 1.35 bits per heavy atom. The topological polar surface area (TPSA) is 46.0 Å². The van der Waals surface area contributed by atoms with Gasteiger partial charge in [0.15, 0.2) is 0 Å². The molecular formula is C47H37N5. The lowest BCUT2D eigenvalue weighted by molar-refractivity contribution is 0.725. The average molecular weight is 672 g/mol. The molecule has 10 rings (SSSR count). The van der Waals surface area contributed by atoms with Crippen molar-refractivity contribution in [2.24, 2.45) is 0 Å². The maximum atomic E-state index is 5.31. The number of aromatic nitrogens is 3. The van der Waals surface area contributed by atoms with Crippen LogP contribution in [0.3, 0.4) is 0 Å². The molecule has 250 valence electrons. The van der Waals surface area contributed by atoms with Crippen molar-refractivity contribution in [1.82, 2.24) is 20.0 Å². The Labute approximate surface area is 303 Å². The molecule has 1 N–H and O–H groups in total. The number of benzene rings is 6. The molecular weight excluding hydrogens is 635 g/mol. The van der Waals surface area contributed by atoms with Crippen LogP contribution in [-0.2, 0) is 6.54 Å². The van der Waals surface area contributed by atoms with Crippen LogP contribution in [0, 0.1) is 0 Å². The van der Waals surface area contributed by atoms with Crippen LogP contribution >= 0.6 is 0 Å².